The molecule has 1 aromatic carbocycles. The topological polar surface area (TPSA) is 88.5 Å². The van der Waals surface area contributed by atoms with Crippen LogP contribution in [0.25, 0.3) is 22.8 Å². The normalized spacial score (nSPS) is 11.2. The lowest BCUT2D eigenvalue weighted by atomic mass is 10.1. The summed E-state index contributed by atoms with van der Waals surface area (Å²) in [7, 11) is 0. The van der Waals surface area contributed by atoms with Gasteiger partial charge < -0.3 is 9.88 Å². The zero-order valence-electron chi connectivity index (χ0n) is 18.1. The fourth-order valence-electron chi connectivity index (χ4n) is 3.68. The van der Waals surface area contributed by atoms with Crippen LogP contribution in [-0.2, 0) is 17.9 Å². The largest absolute Gasteiger partial charge is 0.348 e. The van der Waals surface area contributed by atoms with Gasteiger partial charge in [-0.05, 0) is 43.7 Å². The molecular formula is C25H24N6O. The molecule has 4 rings (SSSR count). The number of pyridine rings is 1. The van der Waals surface area contributed by atoms with E-state index in [4.69, 9.17) is 5.26 Å². The molecule has 0 fully saturated rings. The van der Waals surface area contributed by atoms with Gasteiger partial charge in [0.25, 0.3) is 0 Å². The lowest BCUT2D eigenvalue weighted by Gasteiger charge is -2.06. The van der Waals surface area contributed by atoms with E-state index in [1.54, 1.807) is 10.9 Å². The van der Waals surface area contributed by atoms with Crippen LogP contribution < -0.4 is 5.32 Å². The Morgan fingerprint density at radius 1 is 1.22 bits per heavy atom. The first kappa shape index (κ1) is 21.1. The Morgan fingerprint density at radius 3 is 2.78 bits per heavy atom. The number of rotatable bonds is 7. The zero-order valence-corrected chi connectivity index (χ0v) is 18.1. The van der Waals surface area contributed by atoms with Gasteiger partial charge in [0.05, 0.1) is 18.2 Å². The minimum absolute atomic E-state index is 0.179. The molecule has 0 radical (unpaired) electrons. The third-order valence-corrected chi connectivity index (χ3v) is 5.20. The van der Waals surface area contributed by atoms with Crippen molar-refractivity contribution in [2.75, 3.05) is 0 Å². The molecule has 0 spiro atoms. The molecule has 3 heterocycles. The molecule has 3 aromatic heterocycles. The van der Waals surface area contributed by atoms with Gasteiger partial charge in [0, 0.05) is 53.7 Å². The third-order valence-electron chi connectivity index (χ3n) is 5.20. The van der Waals surface area contributed by atoms with E-state index in [0.29, 0.717) is 19.5 Å². The molecule has 0 saturated heterocycles. The summed E-state index contributed by atoms with van der Waals surface area (Å²) in [6, 6.07) is 16.0. The Bertz CT molecular complexity index is 1320. The Hall–Kier alpha value is -4.18. The molecule has 4 aromatic rings. The van der Waals surface area contributed by atoms with Crippen molar-refractivity contribution in [1.82, 2.24) is 24.6 Å². The average Bonchev–Trinajstić information content (AvgIpc) is 3.34. The molecule has 1 N–H and O–H groups in total. The first-order chi connectivity index (χ1) is 15.5. The van der Waals surface area contributed by atoms with E-state index in [0.717, 1.165) is 39.2 Å². The molecule has 160 valence electrons. The Morgan fingerprint density at radius 2 is 2.06 bits per heavy atom. The standard InChI is InChI=1S/C25H24N6O/c1-18-14-19(2)31(29-18)24-10-8-20(15-27-24)16-28-25(32)11-9-21-17-30(13-5-12-26)23-7-4-3-6-22(21)23/h3-4,6-11,14-15,17H,5,13,16H2,1-2H3,(H,28,32)/b11-9+. The van der Waals surface area contributed by atoms with E-state index in [1.807, 2.05) is 73.2 Å². The van der Waals surface area contributed by atoms with Gasteiger partial charge >= 0.3 is 0 Å². The number of nitrogens with zero attached hydrogens (tertiary/aromatic N) is 5. The number of fused-ring (bicyclic) bond motifs is 1. The van der Waals surface area contributed by atoms with E-state index in [9.17, 15) is 4.79 Å². The van der Waals surface area contributed by atoms with Gasteiger partial charge in [0.1, 0.15) is 0 Å². The molecule has 0 unspecified atom stereocenters. The molecule has 0 aliphatic heterocycles. The summed E-state index contributed by atoms with van der Waals surface area (Å²) in [4.78, 5) is 16.8. The molecular weight excluding hydrogens is 400 g/mol. The lowest BCUT2D eigenvalue weighted by Crippen LogP contribution is -2.20. The van der Waals surface area contributed by atoms with Crippen molar-refractivity contribution >= 4 is 22.9 Å². The minimum atomic E-state index is -0.179. The summed E-state index contributed by atoms with van der Waals surface area (Å²) in [5.41, 5.74) is 4.88. The second-order valence-electron chi connectivity index (χ2n) is 7.62. The molecule has 0 saturated carbocycles. The summed E-state index contributed by atoms with van der Waals surface area (Å²) in [5, 5.41) is 17.3. The van der Waals surface area contributed by atoms with Crippen LogP contribution in [0, 0.1) is 25.2 Å². The van der Waals surface area contributed by atoms with Crippen molar-refractivity contribution in [3.05, 3.63) is 83.4 Å². The van der Waals surface area contributed by atoms with Crippen LogP contribution in [0.4, 0.5) is 0 Å². The second-order valence-corrected chi connectivity index (χ2v) is 7.62. The maximum absolute atomic E-state index is 12.4. The van der Waals surface area contributed by atoms with Crippen LogP contribution in [0.15, 0.2) is 60.9 Å². The summed E-state index contributed by atoms with van der Waals surface area (Å²) in [6.45, 7) is 4.95. The highest BCUT2D eigenvalue weighted by Gasteiger charge is 2.07. The molecule has 0 bridgehead atoms. The van der Waals surface area contributed by atoms with Crippen molar-refractivity contribution in [3.8, 4) is 11.9 Å². The smallest absolute Gasteiger partial charge is 0.244 e. The molecule has 32 heavy (non-hydrogen) atoms. The van der Waals surface area contributed by atoms with E-state index in [2.05, 4.69) is 21.5 Å². The molecule has 0 aliphatic carbocycles. The monoisotopic (exact) mass is 424 g/mol. The number of carbonyl (C=O) groups excluding carboxylic acids is 1. The number of nitriles is 1. The number of nitrogens with one attached hydrogen (secondary N) is 1. The lowest BCUT2D eigenvalue weighted by molar-refractivity contribution is -0.116. The van der Waals surface area contributed by atoms with Gasteiger partial charge in [-0.1, -0.05) is 24.3 Å². The van der Waals surface area contributed by atoms with Crippen LogP contribution in [-0.4, -0.2) is 25.2 Å². The highest BCUT2D eigenvalue weighted by atomic mass is 16.1. The van der Waals surface area contributed by atoms with E-state index >= 15 is 0 Å². The molecule has 7 heteroatoms. The number of aryl methyl sites for hydroxylation is 3. The Labute approximate surface area is 186 Å². The van der Waals surface area contributed by atoms with E-state index < -0.39 is 0 Å². The van der Waals surface area contributed by atoms with Crippen LogP contribution in [0.5, 0.6) is 0 Å². The number of amides is 1. The first-order valence-corrected chi connectivity index (χ1v) is 10.4. The highest BCUT2D eigenvalue weighted by molar-refractivity contribution is 5.96. The van der Waals surface area contributed by atoms with Gasteiger partial charge in [0.2, 0.25) is 5.91 Å². The van der Waals surface area contributed by atoms with Crippen LogP contribution in [0.2, 0.25) is 0 Å². The maximum atomic E-state index is 12.4. The molecule has 1 amide bonds. The fraction of sp³-hybridized carbons (Fsp3) is 0.200. The SMILES string of the molecule is Cc1cc(C)n(-c2ccc(CNC(=O)/C=C/c3cn(CCC#N)c4ccccc34)cn2)n1. The number of benzene rings is 1. The van der Waals surface area contributed by atoms with Crippen LogP contribution in [0.3, 0.4) is 0 Å². The minimum Gasteiger partial charge on any atom is -0.348 e. The molecule has 0 aliphatic rings. The van der Waals surface area contributed by atoms with Gasteiger partial charge in [-0.25, -0.2) is 9.67 Å². The molecule has 7 nitrogen and oxygen atoms in total. The van der Waals surface area contributed by atoms with Gasteiger partial charge in [-0.2, -0.15) is 10.4 Å². The second kappa shape index (κ2) is 9.31. The predicted octanol–water partition coefficient (Wildman–Crippen LogP) is 4.08. The summed E-state index contributed by atoms with van der Waals surface area (Å²) in [5.74, 6) is 0.569. The summed E-state index contributed by atoms with van der Waals surface area (Å²) in [6.07, 6.45) is 7.51. The Kier molecular flexibility index (Phi) is 6.13. The predicted molar refractivity (Wildman–Crippen MR) is 124 cm³/mol. The summed E-state index contributed by atoms with van der Waals surface area (Å²) < 4.78 is 3.85. The highest BCUT2D eigenvalue weighted by Crippen LogP contribution is 2.22. The first-order valence-electron chi connectivity index (χ1n) is 10.4. The van der Waals surface area contributed by atoms with E-state index in [-0.39, 0.29) is 5.91 Å². The van der Waals surface area contributed by atoms with Crippen molar-refractivity contribution in [2.45, 2.75) is 33.4 Å². The molecule has 0 atom stereocenters. The quantitative estimate of drug-likeness (QED) is 0.453. The number of hydrogen-bond donors (Lipinski definition) is 1. The van der Waals surface area contributed by atoms with Crippen molar-refractivity contribution in [3.63, 3.8) is 0 Å². The van der Waals surface area contributed by atoms with Gasteiger partial charge in [-0.15, -0.1) is 0 Å². The van der Waals surface area contributed by atoms with Crippen molar-refractivity contribution in [1.29, 1.82) is 5.26 Å². The Balaban J connectivity index is 1.40. The zero-order chi connectivity index (χ0) is 22.5. The summed E-state index contributed by atoms with van der Waals surface area (Å²) >= 11 is 0. The van der Waals surface area contributed by atoms with Crippen LogP contribution in [0.1, 0.15) is 28.9 Å². The third kappa shape index (κ3) is 4.60. The van der Waals surface area contributed by atoms with Gasteiger partial charge in [-0.3, -0.25) is 4.79 Å². The van der Waals surface area contributed by atoms with Crippen molar-refractivity contribution in [2.24, 2.45) is 0 Å². The van der Waals surface area contributed by atoms with E-state index in [1.165, 1.54) is 6.08 Å². The number of carbonyl (C=O) groups is 1. The fourth-order valence-corrected chi connectivity index (χ4v) is 3.68. The number of hydrogen-bond acceptors (Lipinski definition) is 4. The van der Waals surface area contributed by atoms with Gasteiger partial charge in [0.15, 0.2) is 5.82 Å². The van der Waals surface area contributed by atoms with Crippen LogP contribution >= 0.6 is 0 Å². The average molecular weight is 425 g/mol. The number of para-hydroxylation sites is 1. The number of aromatic nitrogens is 4. The van der Waals surface area contributed by atoms with Crippen molar-refractivity contribution < 1.29 is 4.79 Å². The maximum Gasteiger partial charge on any atom is 0.244 e.